The number of benzene rings is 1. The van der Waals surface area contributed by atoms with Crippen LogP contribution in [0, 0.1) is 0 Å². The molecular formula is C14H19NO4. The Labute approximate surface area is 112 Å². The summed E-state index contributed by atoms with van der Waals surface area (Å²) < 4.78 is 10.9. The highest BCUT2D eigenvalue weighted by Crippen LogP contribution is 2.26. The van der Waals surface area contributed by atoms with Crippen molar-refractivity contribution in [2.75, 3.05) is 26.3 Å². The van der Waals surface area contributed by atoms with E-state index in [1.54, 1.807) is 11.0 Å². The molecule has 0 aliphatic carbocycles. The summed E-state index contributed by atoms with van der Waals surface area (Å²) in [5, 5.41) is 9.39. The van der Waals surface area contributed by atoms with Gasteiger partial charge in [-0.2, -0.15) is 0 Å². The van der Waals surface area contributed by atoms with Crippen molar-refractivity contribution < 1.29 is 19.4 Å². The smallest absolute Gasteiger partial charge is 0.260 e. The highest BCUT2D eigenvalue weighted by Gasteiger charge is 2.24. The van der Waals surface area contributed by atoms with Gasteiger partial charge in [-0.05, 0) is 25.5 Å². The van der Waals surface area contributed by atoms with Crippen molar-refractivity contribution in [1.29, 1.82) is 0 Å². The second-order valence-corrected chi connectivity index (χ2v) is 4.45. The van der Waals surface area contributed by atoms with Gasteiger partial charge in [0.15, 0.2) is 18.1 Å². The summed E-state index contributed by atoms with van der Waals surface area (Å²) in [6.07, 6.45) is 0.237. The standard InChI is InChI=1S/C14H19NO4/c1-2-18-12-5-3-4-6-13(12)19-10-14(17)15-8-7-11(16)9-15/h3-6,11,16H,2,7-10H2,1H3. The molecule has 5 nitrogen and oxygen atoms in total. The van der Waals surface area contributed by atoms with Crippen LogP contribution in [0.1, 0.15) is 13.3 Å². The van der Waals surface area contributed by atoms with Crippen LogP contribution in [-0.2, 0) is 4.79 Å². The summed E-state index contributed by atoms with van der Waals surface area (Å²) >= 11 is 0. The van der Waals surface area contributed by atoms with Gasteiger partial charge < -0.3 is 19.5 Å². The first-order valence-corrected chi connectivity index (χ1v) is 6.51. The largest absolute Gasteiger partial charge is 0.490 e. The molecule has 5 heteroatoms. The molecule has 0 spiro atoms. The first-order chi connectivity index (χ1) is 9.20. The maximum absolute atomic E-state index is 11.9. The van der Waals surface area contributed by atoms with Crippen molar-refractivity contribution in [2.24, 2.45) is 0 Å². The molecular weight excluding hydrogens is 246 g/mol. The number of likely N-dealkylation sites (tertiary alicyclic amines) is 1. The lowest BCUT2D eigenvalue weighted by atomic mass is 10.3. The number of carbonyl (C=O) groups excluding carboxylic acids is 1. The molecule has 1 fully saturated rings. The number of aliphatic hydroxyl groups excluding tert-OH is 1. The Morgan fingerprint density at radius 2 is 2.05 bits per heavy atom. The van der Waals surface area contributed by atoms with Crippen molar-refractivity contribution in [3.63, 3.8) is 0 Å². The number of amides is 1. The molecule has 1 aliphatic heterocycles. The predicted molar refractivity (Wildman–Crippen MR) is 70.3 cm³/mol. The molecule has 1 N–H and O–H groups in total. The highest BCUT2D eigenvalue weighted by molar-refractivity contribution is 5.78. The van der Waals surface area contributed by atoms with E-state index in [0.717, 1.165) is 0 Å². The van der Waals surface area contributed by atoms with Gasteiger partial charge >= 0.3 is 0 Å². The first kappa shape index (κ1) is 13.7. The van der Waals surface area contributed by atoms with Crippen LogP contribution in [0.3, 0.4) is 0 Å². The molecule has 1 aliphatic rings. The number of β-amino-alcohol motifs (C(OH)–C–C–N with tert-alkyl or cyclic N) is 1. The van der Waals surface area contributed by atoms with Gasteiger partial charge in [-0.3, -0.25) is 4.79 Å². The van der Waals surface area contributed by atoms with Crippen LogP contribution >= 0.6 is 0 Å². The Kier molecular flexibility index (Phi) is 4.63. The van der Waals surface area contributed by atoms with Crippen LogP contribution in [0.4, 0.5) is 0 Å². The van der Waals surface area contributed by atoms with Crippen molar-refractivity contribution in [3.05, 3.63) is 24.3 Å². The van der Waals surface area contributed by atoms with E-state index in [9.17, 15) is 9.90 Å². The van der Waals surface area contributed by atoms with Crippen molar-refractivity contribution in [3.8, 4) is 11.5 Å². The second kappa shape index (κ2) is 6.43. The summed E-state index contributed by atoms with van der Waals surface area (Å²) in [5.41, 5.74) is 0. The van der Waals surface area contributed by atoms with E-state index in [1.807, 2.05) is 25.1 Å². The summed E-state index contributed by atoms with van der Waals surface area (Å²) in [7, 11) is 0. The molecule has 104 valence electrons. The van der Waals surface area contributed by atoms with Crippen LogP contribution < -0.4 is 9.47 Å². The van der Waals surface area contributed by atoms with Crippen LogP contribution in [0.25, 0.3) is 0 Å². The van der Waals surface area contributed by atoms with Crippen LogP contribution in [0.2, 0.25) is 0 Å². The van der Waals surface area contributed by atoms with Crippen molar-refractivity contribution >= 4 is 5.91 Å². The Hall–Kier alpha value is -1.75. The van der Waals surface area contributed by atoms with E-state index in [2.05, 4.69) is 0 Å². The quantitative estimate of drug-likeness (QED) is 0.864. The first-order valence-electron chi connectivity index (χ1n) is 6.51. The number of carbonyl (C=O) groups is 1. The molecule has 1 aromatic carbocycles. The minimum atomic E-state index is -0.403. The average Bonchev–Trinajstić information content (AvgIpc) is 2.84. The van der Waals surface area contributed by atoms with Gasteiger partial charge in [0.25, 0.3) is 5.91 Å². The van der Waals surface area contributed by atoms with Crippen molar-refractivity contribution in [1.82, 2.24) is 4.90 Å². The summed E-state index contributed by atoms with van der Waals surface area (Å²) in [6.45, 7) is 3.41. The van der Waals surface area contributed by atoms with E-state index in [0.29, 0.717) is 37.6 Å². The summed E-state index contributed by atoms with van der Waals surface area (Å²) in [4.78, 5) is 13.5. The van der Waals surface area contributed by atoms with Crippen molar-refractivity contribution in [2.45, 2.75) is 19.4 Å². The monoisotopic (exact) mass is 265 g/mol. The van der Waals surface area contributed by atoms with Gasteiger partial charge in [0.2, 0.25) is 0 Å². The zero-order valence-corrected chi connectivity index (χ0v) is 11.0. The van der Waals surface area contributed by atoms with Crippen LogP contribution in [0.5, 0.6) is 11.5 Å². The molecule has 0 bridgehead atoms. The molecule has 1 aromatic rings. The fraction of sp³-hybridized carbons (Fsp3) is 0.500. The molecule has 1 heterocycles. The zero-order valence-electron chi connectivity index (χ0n) is 11.0. The van der Waals surface area contributed by atoms with Gasteiger partial charge in [-0.25, -0.2) is 0 Å². The molecule has 0 aromatic heterocycles. The molecule has 19 heavy (non-hydrogen) atoms. The van der Waals surface area contributed by atoms with E-state index in [4.69, 9.17) is 9.47 Å². The molecule has 1 amide bonds. The number of rotatable bonds is 5. The summed E-state index contributed by atoms with van der Waals surface area (Å²) in [5.74, 6) is 1.10. The third-order valence-corrected chi connectivity index (χ3v) is 3.02. The predicted octanol–water partition coefficient (Wildman–Crippen LogP) is 1.06. The lowest BCUT2D eigenvalue weighted by Crippen LogP contribution is -2.33. The Morgan fingerprint density at radius 3 is 2.63 bits per heavy atom. The van der Waals surface area contributed by atoms with Gasteiger partial charge in [0.1, 0.15) is 0 Å². The topological polar surface area (TPSA) is 59.0 Å². The maximum atomic E-state index is 11.9. The van der Waals surface area contributed by atoms with E-state index in [-0.39, 0.29) is 12.5 Å². The number of ether oxygens (including phenoxy) is 2. The van der Waals surface area contributed by atoms with Gasteiger partial charge in [0, 0.05) is 13.1 Å². The Balaban J connectivity index is 1.89. The zero-order chi connectivity index (χ0) is 13.7. The number of para-hydroxylation sites is 2. The normalized spacial score (nSPS) is 18.4. The second-order valence-electron chi connectivity index (χ2n) is 4.45. The van der Waals surface area contributed by atoms with E-state index >= 15 is 0 Å². The third kappa shape index (κ3) is 3.61. The average molecular weight is 265 g/mol. The third-order valence-electron chi connectivity index (χ3n) is 3.02. The lowest BCUT2D eigenvalue weighted by molar-refractivity contribution is -0.132. The maximum Gasteiger partial charge on any atom is 0.260 e. The minimum Gasteiger partial charge on any atom is -0.490 e. The van der Waals surface area contributed by atoms with Gasteiger partial charge in [-0.1, -0.05) is 12.1 Å². The number of nitrogens with zero attached hydrogens (tertiary/aromatic N) is 1. The van der Waals surface area contributed by atoms with E-state index < -0.39 is 6.10 Å². The van der Waals surface area contributed by atoms with E-state index in [1.165, 1.54) is 0 Å². The Bertz CT molecular complexity index is 435. The van der Waals surface area contributed by atoms with Gasteiger partial charge in [-0.15, -0.1) is 0 Å². The minimum absolute atomic E-state index is 0.0309. The molecule has 1 saturated heterocycles. The Morgan fingerprint density at radius 1 is 1.37 bits per heavy atom. The number of hydrogen-bond donors (Lipinski definition) is 1. The lowest BCUT2D eigenvalue weighted by Gasteiger charge is -2.16. The SMILES string of the molecule is CCOc1ccccc1OCC(=O)N1CCC(O)C1. The molecule has 0 saturated carbocycles. The number of hydrogen-bond acceptors (Lipinski definition) is 4. The molecule has 2 rings (SSSR count). The fourth-order valence-electron chi connectivity index (χ4n) is 2.04. The van der Waals surface area contributed by atoms with Gasteiger partial charge in [0.05, 0.1) is 12.7 Å². The highest BCUT2D eigenvalue weighted by atomic mass is 16.5. The molecule has 1 unspecified atom stereocenters. The van der Waals surface area contributed by atoms with Crippen LogP contribution in [-0.4, -0.2) is 48.3 Å². The number of aliphatic hydroxyl groups is 1. The summed E-state index contributed by atoms with van der Waals surface area (Å²) in [6, 6.07) is 7.28. The molecule has 1 atom stereocenters. The van der Waals surface area contributed by atoms with Crippen LogP contribution in [0.15, 0.2) is 24.3 Å². The fourth-order valence-corrected chi connectivity index (χ4v) is 2.04. The molecule has 0 radical (unpaired) electrons.